The lowest BCUT2D eigenvalue weighted by Gasteiger charge is -2.38. The van der Waals surface area contributed by atoms with Crippen LogP contribution in [0.15, 0.2) is 12.7 Å². The Balaban J connectivity index is 2.60. The molecular weight excluding hydrogens is 248 g/mol. The Morgan fingerprint density at radius 3 is 2.42 bits per heavy atom. The number of carbonyl (C=O) groups excluding carboxylic acids is 1. The van der Waals surface area contributed by atoms with Gasteiger partial charge in [0.2, 0.25) is 0 Å². The molecule has 1 aliphatic heterocycles. The van der Waals surface area contributed by atoms with Crippen LogP contribution in [0.4, 0.5) is 4.79 Å². The van der Waals surface area contributed by atoms with E-state index in [9.17, 15) is 9.59 Å². The molecule has 1 aliphatic rings. The van der Waals surface area contributed by atoms with Crippen LogP contribution >= 0.6 is 0 Å². The Bertz CT molecular complexity index is 349. The average Bonchev–Trinajstić information content (AvgIpc) is 2.38. The second kappa shape index (κ2) is 6.56. The van der Waals surface area contributed by atoms with E-state index in [1.54, 1.807) is 17.9 Å². The Labute approximate surface area is 113 Å². The zero-order chi connectivity index (χ0) is 14.5. The summed E-state index contributed by atoms with van der Waals surface area (Å²) < 4.78 is 0. The molecule has 0 unspecified atom stereocenters. The molecule has 2 amide bonds. The number of nitrogens with zero attached hydrogens (tertiary/aromatic N) is 2. The van der Waals surface area contributed by atoms with Gasteiger partial charge >= 0.3 is 12.0 Å². The maximum Gasteiger partial charge on any atom is 0.320 e. The molecule has 2 N–H and O–H groups in total. The molecule has 1 rings (SSSR count). The molecule has 19 heavy (non-hydrogen) atoms. The van der Waals surface area contributed by atoms with Crippen molar-refractivity contribution in [2.75, 3.05) is 32.8 Å². The van der Waals surface area contributed by atoms with Crippen molar-refractivity contribution in [3.8, 4) is 0 Å². The van der Waals surface area contributed by atoms with Crippen molar-refractivity contribution >= 4 is 12.0 Å². The van der Waals surface area contributed by atoms with Crippen molar-refractivity contribution in [3.05, 3.63) is 12.7 Å². The van der Waals surface area contributed by atoms with Gasteiger partial charge in [-0.3, -0.25) is 4.79 Å². The molecule has 1 saturated heterocycles. The fraction of sp³-hybridized carbons (Fsp3) is 0.692. The van der Waals surface area contributed by atoms with Crippen molar-refractivity contribution in [1.82, 2.24) is 9.80 Å². The largest absolute Gasteiger partial charge is 0.481 e. The van der Waals surface area contributed by atoms with Gasteiger partial charge in [0.15, 0.2) is 0 Å². The van der Waals surface area contributed by atoms with Gasteiger partial charge in [0.05, 0.1) is 12.0 Å². The maximum absolute atomic E-state index is 12.2. The molecule has 0 aromatic carbocycles. The van der Waals surface area contributed by atoms with E-state index in [1.807, 2.05) is 0 Å². The van der Waals surface area contributed by atoms with Crippen LogP contribution in [0.2, 0.25) is 0 Å². The number of aliphatic carboxylic acids is 1. The van der Waals surface area contributed by atoms with Crippen molar-refractivity contribution in [3.63, 3.8) is 0 Å². The zero-order valence-corrected chi connectivity index (χ0v) is 11.3. The first-order valence-corrected chi connectivity index (χ1v) is 6.43. The maximum atomic E-state index is 12.2. The lowest BCUT2D eigenvalue weighted by Crippen LogP contribution is -2.50. The van der Waals surface area contributed by atoms with Crippen LogP contribution in [0.3, 0.4) is 0 Å². The van der Waals surface area contributed by atoms with Crippen LogP contribution in [0, 0.1) is 5.41 Å². The summed E-state index contributed by atoms with van der Waals surface area (Å²) in [4.78, 5) is 26.5. The highest BCUT2D eigenvalue weighted by Gasteiger charge is 2.38. The van der Waals surface area contributed by atoms with Crippen LogP contribution in [0.5, 0.6) is 0 Å². The summed E-state index contributed by atoms with van der Waals surface area (Å²) in [6.45, 7) is 6.71. The van der Waals surface area contributed by atoms with Gasteiger partial charge in [0, 0.05) is 26.2 Å². The van der Waals surface area contributed by atoms with E-state index < -0.39 is 11.4 Å². The predicted molar refractivity (Wildman–Crippen MR) is 70.8 cm³/mol. The number of urea groups is 1. The number of hydrogen-bond donors (Lipinski definition) is 2. The topological polar surface area (TPSA) is 81.1 Å². The molecule has 0 radical (unpaired) electrons. The number of hydrogen-bond acceptors (Lipinski definition) is 3. The molecule has 0 spiro atoms. The SMILES string of the molecule is C=CCN(CCO)C(=O)N1CCC(C)(C(=O)O)CC1. The number of carboxylic acid groups (broad SMARTS) is 1. The Morgan fingerprint density at radius 2 is 2.00 bits per heavy atom. The lowest BCUT2D eigenvalue weighted by atomic mass is 9.80. The molecule has 0 saturated carbocycles. The van der Waals surface area contributed by atoms with E-state index >= 15 is 0 Å². The first kappa shape index (κ1) is 15.5. The molecule has 108 valence electrons. The number of amides is 2. The highest BCUT2D eigenvalue weighted by molar-refractivity contribution is 5.77. The molecule has 0 bridgehead atoms. The Kier molecular flexibility index (Phi) is 5.35. The number of aliphatic hydroxyl groups excluding tert-OH is 1. The summed E-state index contributed by atoms with van der Waals surface area (Å²) in [6.07, 6.45) is 2.52. The third-order valence-electron chi connectivity index (χ3n) is 3.64. The van der Waals surface area contributed by atoms with Crippen molar-refractivity contribution in [2.45, 2.75) is 19.8 Å². The Morgan fingerprint density at radius 1 is 1.42 bits per heavy atom. The molecule has 0 aromatic rings. The molecule has 1 fully saturated rings. The number of carboxylic acids is 1. The summed E-state index contributed by atoms with van der Waals surface area (Å²) in [5.41, 5.74) is -0.739. The molecule has 0 aromatic heterocycles. The van der Waals surface area contributed by atoms with Gasteiger partial charge < -0.3 is 20.0 Å². The second-order valence-electron chi connectivity index (χ2n) is 5.09. The van der Waals surface area contributed by atoms with E-state index in [0.29, 0.717) is 32.5 Å². The smallest absolute Gasteiger partial charge is 0.320 e. The Hall–Kier alpha value is -1.56. The fourth-order valence-corrected chi connectivity index (χ4v) is 2.15. The van der Waals surface area contributed by atoms with Gasteiger partial charge in [-0.2, -0.15) is 0 Å². The molecule has 0 atom stereocenters. The summed E-state index contributed by atoms with van der Waals surface area (Å²) in [5, 5.41) is 18.1. The lowest BCUT2D eigenvalue weighted by molar-refractivity contribution is -0.150. The minimum absolute atomic E-state index is 0.0970. The molecular formula is C13H22N2O4. The average molecular weight is 270 g/mol. The highest BCUT2D eigenvalue weighted by Crippen LogP contribution is 2.31. The number of likely N-dealkylation sites (tertiary alicyclic amines) is 1. The third kappa shape index (κ3) is 3.70. The number of piperidine rings is 1. The van der Waals surface area contributed by atoms with Crippen LogP contribution in [-0.4, -0.2) is 64.8 Å². The van der Waals surface area contributed by atoms with E-state index in [4.69, 9.17) is 10.2 Å². The minimum Gasteiger partial charge on any atom is -0.481 e. The first-order chi connectivity index (χ1) is 8.94. The van der Waals surface area contributed by atoms with Crippen LogP contribution in [-0.2, 0) is 4.79 Å². The van der Waals surface area contributed by atoms with Gasteiger partial charge in [-0.1, -0.05) is 6.08 Å². The van der Waals surface area contributed by atoms with E-state index in [2.05, 4.69) is 6.58 Å². The van der Waals surface area contributed by atoms with Crippen molar-refractivity contribution in [1.29, 1.82) is 0 Å². The van der Waals surface area contributed by atoms with Crippen LogP contribution in [0.25, 0.3) is 0 Å². The second-order valence-corrected chi connectivity index (χ2v) is 5.09. The normalized spacial score (nSPS) is 17.9. The fourth-order valence-electron chi connectivity index (χ4n) is 2.15. The quantitative estimate of drug-likeness (QED) is 0.723. The molecule has 6 nitrogen and oxygen atoms in total. The van der Waals surface area contributed by atoms with E-state index in [1.165, 1.54) is 4.90 Å². The van der Waals surface area contributed by atoms with Crippen LogP contribution < -0.4 is 0 Å². The van der Waals surface area contributed by atoms with E-state index in [0.717, 1.165) is 0 Å². The number of aliphatic hydroxyl groups is 1. The minimum atomic E-state index is -0.807. The van der Waals surface area contributed by atoms with Crippen molar-refractivity contribution in [2.24, 2.45) is 5.41 Å². The number of rotatable bonds is 5. The summed E-state index contributed by atoms with van der Waals surface area (Å²) >= 11 is 0. The van der Waals surface area contributed by atoms with Gasteiger partial charge in [-0.15, -0.1) is 6.58 Å². The van der Waals surface area contributed by atoms with Gasteiger partial charge in [-0.25, -0.2) is 4.79 Å². The first-order valence-electron chi connectivity index (χ1n) is 6.43. The standard InChI is InChI=1S/C13H22N2O4/c1-3-6-14(9-10-16)12(19)15-7-4-13(2,5-8-15)11(17)18/h3,16H,1,4-10H2,2H3,(H,17,18). The van der Waals surface area contributed by atoms with Gasteiger partial charge in [0.1, 0.15) is 0 Å². The van der Waals surface area contributed by atoms with E-state index in [-0.39, 0.29) is 19.2 Å². The van der Waals surface area contributed by atoms with Crippen molar-refractivity contribution < 1.29 is 19.8 Å². The highest BCUT2D eigenvalue weighted by atomic mass is 16.4. The summed E-state index contributed by atoms with van der Waals surface area (Å²) in [7, 11) is 0. The van der Waals surface area contributed by atoms with Gasteiger partial charge in [0.25, 0.3) is 0 Å². The third-order valence-corrected chi connectivity index (χ3v) is 3.64. The van der Waals surface area contributed by atoms with Crippen LogP contribution in [0.1, 0.15) is 19.8 Å². The summed E-state index contributed by atoms with van der Waals surface area (Å²) in [6, 6.07) is -0.165. The zero-order valence-electron chi connectivity index (χ0n) is 11.3. The molecule has 0 aliphatic carbocycles. The predicted octanol–water partition coefficient (Wildman–Crippen LogP) is 0.773. The van der Waals surface area contributed by atoms with Gasteiger partial charge in [-0.05, 0) is 19.8 Å². The number of carbonyl (C=O) groups is 2. The summed E-state index contributed by atoms with van der Waals surface area (Å²) in [5.74, 6) is -0.807. The monoisotopic (exact) mass is 270 g/mol. The molecule has 6 heteroatoms. The molecule has 1 heterocycles.